The normalized spacial score (nSPS) is 27.5. The molecule has 0 amide bonds. The molecule has 6 heteroatoms. The Morgan fingerprint density at radius 3 is 2.68 bits per heavy atom. The molecule has 2 atom stereocenters. The number of rotatable bonds is 3. The van der Waals surface area contributed by atoms with Crippen molar-refractivity contribution in [2.45, 2.75) is 31.2 Å². The van der Waals surface area contributed by atoms with Gasteiger partial charge in [-0.1, -0.05) is 12.1 Å². The van der Waals surface area contributed by atoms with Crippen molar-refractivity contribution in [3.05, 3.63) is 29.8 Å². The first-order valence-corrected chi connectivity index (χ1v) is 6.07. The zero-order chi connectivity index (χ0) is 14.1. The summed E-state index contributed by atoms with van der Waals surface area (Å²) in [6.45, 7) is 2.16. The molecule has 19 heavy (non-hydrogen) atoms. The number of benzene rings is 1. The van der Waals surface area contributed by atoms with Crippen LogP contribution in [0.5, 0.6) is 0 Å². The average Bonchev–Trinajstić information content (AvgIpc) is 2.67. The minimum absolute atomic E-state index is 0.0254. The molecule has 1 aromatic rings. The fourth-order valence-electron chi connectivity index (χ4n) is 2.14. The maximum absolute atomic E-state index is 12.8. The molecule has 106 valence electrons. The minimum Gasteiger partial charge on any atom is -0.385 e. The highest BCUT2D eigenvalue weighted by Crippen LogP contribution is 2.35. The third-order valence-electron chi connectivity index (χ3n) is 3.48. The Bertz CT molecular complexity index is 450. The molecule has 0 spiro atoms. The summed E-state index contributed by atoms with van der Waals surface area (Å²) in [7, 11) is 0. The Labute approximate surface area is 109 Å². The zero-order valence-electron chi connectivity index (χ0n) is 10.5. The second-order valence-electron chi connectivity index (χ2n) is 4.76. The summed E-state index contributed by atoms with van der Waals surface area (Å²) in [5, 5.41) is 12.9. The van der Waals surface area contributed by atoms with E-state index < -0.39 is 23.4 Å². The SMILES string of the molecule is CC1OCCC1(O)CNc1ccccc1C(F)(F)F. The van der Waals surface area contributed by atoms with Crippen LogP contribution in [0.2, 0.25) is 0 Å². The molecule has 0 aromatic heterocycles. The van der Waals surface area contributed by atoms with Gasteiger partial charge in [-0.25, -0.2) is 0 Å². The van der Waals surface area contributed by atoms with E-state index in [2.05, 4.69) is 5.32 Å². The maximum atomic E-state index is 12.8. The third-order valence-corrected chi connectivity index (χ3v) is 3.48. The first-order chi connectivity index (χ1) is 8.83. The molecular weight excluding hydrogens is 259 g/mol. The van der Waals surface area contributed by atoms with E-state index in [1.807, 2.05) is 0 Å². The van der Waals surface area contributed by atoms with Crippen molar-refractivity contribution in [2.75, 3.05) is 18.5 Å². The summed E-state index contributed by atoms with van der Waals surface area (Å²) < 4.78 is 43.6. The summed E-state index contributed by atoms with van der Waals surface area (Å²) in [6, 6.07) is 5.23. The minimum atomic E-state index is -4.41. The van der Waals surface area contributed by atoms with E-state index >= 15 is 0 Å². The zero-order valence-corrected chi connectivity index (χ0v) is 10.5. The third kappa shape index (κ3) is 3.01. The summed E-state index contributed by atoms with van der Waals surface area (Å²) in [5.74, 6) is 0. The topological polar surface area (TPSA) is 41.5 Å². The first kappa shape index (κ1) is 14.1. The van der Waals surface area contributed by atoms with Gasteiger partial charge < -0.3 is 15.2 Å². The van der Waals surface area contributed by atoms with E-state index in [9.17, 15) is 18.3 Å². The number of ether oxygens (including phenoxy) is 1. The summed E-state index contributed by atoms with van der Waals surface area (Å²) in [4.78, 5) is 0. The van der Waals surface area contributed by atoms with Crippen LogP contribution in [0, 0.1) is 0 Å². The molecule has 2 unspecified atom stereocenters. The van der Waals surface area contributed by atoms with Gasteiger partial charge in [-0.05, 0) is 19.1 Å². The van der Waals surface area contributed by atoms with Crippen LogP contribution in [0.4, 0.5) is 18.9 Å². The summed E-state index contributed by atoms with van der Waals surface area (Å²) in [6.07, 6.45) is -4.39. The van der Waals surface area contributed by atoms with Gasteiger partial charge in [-0.2, -0.15) is 13.2 Å². The predicted octanol–water partition coefficient (Wildman–Crippen LogP) is 2.66. The fourth-order valence-corrected chi connectivity index (χ4v) is 2.14. The Morgan fingerprint density at radius 1 is 1.42 bits per heavy atom. The van der Waals surface area contributed by atoms with Gasteiger partial charge in [0.2, 0.25) is 0 Å². The number of hydrogen-bond acceptors (Lipinski definition) is 3. The molecule has 1 fully saturated rings. The molecule has 0 saturated carbocycles. The van der Waals surface area contributed by atoms with E-state index in [0.29, 0.717) is 13.0 Å². The van der Waals surface area contributed by atoms with Crippen molar-refractivity contribution >= 4 is 5.69 Å². The number of para-hydroxylation sites is 1. The van der Waals surface area contributed by atoms with Crippen LogP contribution in [-0.2, 0) is 10.9 Å². The van der Waals surface area contributed by atoms with Crippen molar-refractivity contribution < 1.29 is 23.0 Å². The monoisotopic (exact) mass is 275 g/mol. The number of alkyl halides is 3. The number of anilines is 1. The van der Waals surface area contributed by atoms with Gasteiger partial charge in [0.1, 0.15) is 5.60 Å². The smallest absolute Gasteiger partial charge is 0.385 e. The first-order valence-electron chi connectivity index (χ1n) is 6.07. The molecule has 1 saturated heterocycles. The van der Waals surface area contributed by atoms with Gasteiger partial charge in [-0.15, -0.1) is 0 Å². The Kier molecular flexibility index (Phi) is 3.73. The lowest BCUT2D eigenvalue weighted by Crippen LogP contribution is -2.43. The number of nitrogens with one attached hydrogen (secondary N) is 1. The molecular formula is C13H16F3NO2. The fraction of sp³-hybridized carbons (Fsp3) is 0.538. The Balaban J connectivity index is 2.12. The van der Waals surface area contributed by atoms with E-state index in [1.54, 1.807) is 6.92 Å². The number of aliphatic hydroxyl groups is 1. The van der Waals surface area contributed by atoms with E-state index in [1.165, 1.54) is 18.2 Å². The van der Waals surface area contributed by atoms with Gasteiger partial charge in [0.15, 0.2) is 0 Å². The van der Waals surface area contributed by atoms with Crippen LogP contribution in [0.1, 0.15) is 18.9 Å². The number of hydrogen-bond donors (Lipinski definition) is 2. The molecule has 0 bridgehead atoms. The lowest BCUT2D eigenvalue weighted by Gasteiger charge is -2.27. The molecule has 1 aliphatic heterocycles. The highest BCUT2D eigenvalue weighted by molar-refractivity contribution is 5.52. The second kappa shape index (κ2) is 5.02. The Morgan fingerprint density at radius 2 is 2.11 bits per heavy atom. The van der Waals surface area contributed by atoms with Gasteiger partial charge in [0, 0.05) is 25.3 Å². The molecule has 3 nitrogen and oxygen atoms in total. The average molecular weight is 275 g/mol. The van der Waals surface area contributed by atoms with Crippen LogP contribution in [0.15, 0.2) is 24.3 Å². The van der Waals surface area contributed by atoms with Gasteiger partial charge in [0.05, 0.1) is 11.7 Å². The predicted molar refractivity (Wildman–Crippen MR) is 64.9 cm³/mol. The summed E-state index contributed by atoms with van der Waals surface area (Å²) in [5.41, 5.74) is -1.88. The van der Waals surface area contributed by atoms with Crippen molar-refractivity contribution in [1.29, 1.82) is 0 Å². The van der Waals surface area contributed by atoms with Crippen LogP contribution < -0.4 is 5.32 Å². The molecule has 2 rings (SSSR count). The molecule has 2 N–H and O–H groups in total. The van der Waals surface area contributed by atoms with Crippen molar-refractivity contribution in [2.24, 2.45) is 0 Å². The largest absolute Gasteiger partial charge is 0.418 e. The van der Waals surface area contributed by atoms with Gasteiger partial charge >= 0.3 is 6.18 Å². The molecule has 1 heterocycles. The quantitative estimate of drug-likeness (QED) is 0.891. The molecule has 0 radical (unpaired) electrons. The van der Waals surface area contributed by atoms with Crippen LogP contribution in [-0.4, -0.2) is 30.0 Å². The van der Waals surface area contributed by atoms with Crippen LogP contribution in [0.25, 0.3) is 0 Å². The highest BCUT2D eigenvalue weighted by Gasteiger charge is 2.40. The Hall–Kier alpha value is -1.27. The van der Waals surface area contributed by atoms with E-state index in [0.717, 1.165) is 6.07 Å². The van der Waals surface area contributed by atoms with Gasteiger partial charge in [0.25, 0.3) is 0 Å². The van der Waals surface area contributed by atoms with Crippen LogP contribution >= 0.6 is 0 Å². The summed E-state index contributed by atoms with van der Waals surface area (Å²) >= 11 is 0. The standard InChI is InChI=1S/C13H16F3NO2/c1-9-12(18,6-7-19-9)8-17-11-5-3-2-4-10(11)13(14,15)16/h2-5,9,17-18H,6-8H2,1H3. The molecule has 1 aliphatic rings. The molecule has 1 aromatic carbocycles. The van der Waals surface area contributed by atoms with Crippen molar-refractivity contribution in [3.8, 4) is 0 Å². The second-order valence-corrected chi connectivity index (χ2v) is 4.76. The van der Waals surface area contributed by atoms with Crippen molar-refractivity contribution in [3.63, 3.8) is 0 Å². The van der Waals surface area contributed by atoms with Crippen LogP contribution in [0.3, 0.4) is 0 Å². The maximum Gasteiger partial charge on any atom is 0.418 e. The lowest BCUT2D eigenvalue weighted by molar-refractivity contribution is -0.137. The highest BCUT2D eigenvalue weighted by atomic mass is 19.4. The van der Waals surface area contributed by atoms with Crippen molar-refractivity contribution in [1.82, 2.24) is 0 Å². The molecule has 0 aliphatic carbocycles. The van der Waals surface area contributed by atoms with Gasteiger partial charge in [-0.3, -0.25) is 0 Å². The van der Waals surface area contributed by atoms with E-state index in [-0.39, 0.29) is 12.2 Å². The lowest BCUT2D eigenvalue weighted by atomic mass is 9.96. The van der Waals surface area contributed by atoms with E-state index in [4.69, 9.17) is 4.74 Å². The number of halogens is 3.